The molecule has 1 N–H and O–H groups in total. The Morgan fingerprint density at radius 1 is 1.67 bits per heavy atom. The fourth-order valence-corrected chi connectivity index (χ4v) is 1.14. The molecule has 2 aromatic heterocycles. The molecule has 0 aromatic carbocycles. The number of hydrogen-bond donors (Lipinski definition) is 1. The van der Waals surface area contributed by atoms with Gasteiger partial charge in [-0.1, -0.05) is 0 Å². The molecule has 4 nitrogen and oxygen atoms in total. The van der Waals surface area contributed by atoms with Crippen molar-refractivity contribution in [1.29, 1.82) is 0 Å². The SMILES string of the molecule is [2H]c1c(C)c2nc(C)c([2H])n2[nH]c1=O. The molecule has 62 valence electrons. The molecule has 4 heteroatoms. The number of fused-ring (bicyclic) bond motifs is 1. The fourth-order valence-electron chi connectivity index (χ4n) is 1.14. The molecule has 0 spiro atoms. The van der Waals surface area contributed by atoms with Crippen LogP contribution in [0, 0.1) is 13.8 Å². The maximum atomic E-state index is 11.2. The Morgan fingerprint density at radius 3 is 3.17 bits per heavy atom. The third kappa shape index (κ3) is 0.922. The minimum atomic E-state index is -0.499. The second kappa shape index (κ2) is 2.20. The predicted molar refractivity (Wildman–Crippen MR) is 45.3 cm³/mol. The molecule has 0 saturated heterocycles. The van der Waals surface area contributed by atoms with Crippen molar-refractivity contribution in [3.63, 3.8) is 0 Å². The van der Waals surface area contributed by atoms with E-state index in [9.17, 15) is 4.79 Å². The van der Waals surface area contributed by atoms with E-state index in [4.69, 9.17) is 2.74 Å². The number of aromatic amines is 1. The summed E-state index contributed by atoms with van der Waals surface area (Å²) < 4.78 is 16.3. The van der Waals surface area contributed by atoms with Crippen molar-refractivity contribution >= 4 is 5.65 Å². The Labute approximate surface area is 71.7 Å². The molecule has 0 aliphatic carbocycles. The van der Waals surface area contributed by atoms with Crippen LogP contribution in [-0.2, 0) is 0 Å². The zero-order chi connectivity index (χ0) is 10.5. The van der Waals surface area contributed by atoms with Crippen molar-refractivity contribution in [1.82, 2.24) is 14.6 Å². The second-order valence-corrected chi connectivity index (χ2v) is 2.66. The first-order chi connectivity index (χ1) is 6.52. The fraction of sp³-hybridized carbons (Fsp3) is 0.250. The lowest BCUT2D eigenvalue weighted by Gasteiger charge is -1.94. The van der Waals surface area contributed by atoms with Gasteiger partial charge in [0.1, 0.15) is 0 Å². The minimum Gasteiger partial charge on any atom is -0.268 e. The van der Waals surface area contributed by atoms with Gasteiger partial charge in [-0.05, 0) is 19.4 Å². The molecule has 0 aliphatic rings. The number of imidazole rings is 1. The molecular formula is C8H9N3O. The first-order valence-electron chi connectivity index (χ1n) is 4.57. The molecule has 0 saturated carbocycles. The first-order valence-corrected chi connectivity index (χ1v) is 3.57. The third-order valence-electron chi connectivity index (χ3n) is 1.61. The number of hydrogen-bond acceptors (Lipinski definition) is 2. The summed E-state index contributed by atoms with van der Waals surface area (Å²) in [7, 11) is 0. The van der Waals surface area contributed by atoms with Gasteiger partial charge >= 0.3 is 0 Å². The number of nitrogens with zero attached hydrogens (tertiary/aromatic N) is 2. The molecule has 0 unspecified atom stereocenters. The van der Waals surface area contributed by atoms with Crippen LogP contribution in [-0.4, -0.2) is 14.6 Å². The monoisotopic (exact) mass is 165 g/mol. The van der Waals surface area contributed by atoms with Gasteiger partial charge in [-0.15, -0.1) is 0 Å². The normalized spacial score (nSPS) is 13.2. The Hall–Kier alpha value is -1.58. The average molecular weight is 165 g/mol. The Morgan fingerprint density at radius 2 is 2.42 bits per heavy atom. The van der Waals surface area contributed by atoms with E-state index in [1.54, 1.807) is 13.8 Å². The molecular weight excluding hydrogens is 154 g/mol. The highest BCUT2D eigenvalue weighted by Crippen LogP contribution is 2.04. The summed E-state index contributed by atoms with van der Waals surface area (Å²) in [5, 5.41) is 2.41. The number of aryl methyl sites for hydroxylation is 2. The van der Waals surface area contributed by atoms with E-state index in [1.807, 2.05) is 0 Å². The van der Waals surface area contributed by atoms with Crippen LogP contribution < -0.4 is 5.56 Å². The number of rotatable bonds is 0. The van der Waals surface area contributed by atoms with Crippen LogP contribution in [0.3, 0.4) is 0 Å². The van der Waals surface area contributed by atoms with Crippen LogP contribution in [0.4, 0.5) is 0 Å². The van der Waals surface area contributed by atoms with Crippen LogP contribution in [0.2, 0.25) is 0 Å². The molecule has 0 fully saturated rings. The smallest absolute Gasteiger partial charge is 0.263 e. The largest absolute Gasteiger partial charge is 0.268 e. The molecule has 2 heterocycles. The van der Waals surface area contributed by atoms with Gasteiger partial charge in [-0.2, -0.15) is 0 Å². The highest BCUT2D eigenvalue weighted by molar-refractivity contribution is 5.45. The van der Waals surface area contributed by atoms with E-state index >= 15 is 0 Å². The summed E-state index contributed by atoms with van der Waals surface area (Å²) >= 11 is 0. The van der Waals surface area contributed by atoms with E-state index in [1.165, 1.54) is 4.52 Å². The Kier molecular flexibility index (Phi) is 0.942. The van der Waals surface area contributed by atoms with Crippen molar-refractivity contribution in [3.05, 3.63) is 33.8 Å². The van der Waals surface area contributed by atoms with E-state index in [0.29, 0.717) is 16.9 Å². The lowest BCUT2D eigenvalue weighted by Crippen LogP contribution is -2.10. The van der Waals surface area contributed by atoms with Crippen LogP contribution >= 0.6 is 0 Å². The van der Waals surface area contributed by atoms with Gasteiger partial charge in [0.15, 0.2) is 5.65 Å². The van der Waals surface area contributed by atoms with Crippen LogP contribution in [0.25, 0.3) is 5.65 Å². The van der Waals surface area contributed by atoms with E-state index in [0.717, 1.165) is 0 Å². The molecule has 0 atom stereocenters. The lowest BCUT2D eigenvalue weighted by atomic mass is 10.3. The van der Waals surface area contributed by atoms with Gasteiger partial charge < -0.3 is 0 Å². The van der Waals surface area contributed by atoms with Gasteiger partial charge in [0.05, 0.1) is 14.6 Å². The van der Waals surface area contributed by atoms with Gasteiger partial charge in [0.25, 0.3) is 5.56 Å². The highest BCUT2D eigenvalue weighted by Gasteiger charge is 2.00. The average Bonchev–Trinajstić information content (AvgIpc) is 2.42. The van der Waals surface area contributed by atoms with Gasteiger partial charge in [0, 0.05) is 6.04 Å². The third-order valence-corrected chi connectivity index (χ3v) is 1.61. The van der Waals surface area contributed by atoms with Gasteiger partial charge in [0.2, 0.25) is 0 Å². The molecule has 0 amide bonds. The number of nitrogens with one attached hydrogen (secondary N) is 1. The molecule has 2 aromatic rings. The predicted octanol–water partition coefficient (Wildman–Crippen LogP) is 0.639. The Bertz CT molecular complexity index is 570. The summed E-state index contributed by atoms with van der Waals surface area (Å²) in [5.41, 5.74) is 1.00. The maximum absolute atomic E-state index is 11.2. The van der Waals surface area contributed by atoms with E-state index in [-0.39, 0.29) is 12.2 Å². The molecule has 2 rings (SSSR count). The van der Waals surface area contributed by atoms with Crippen LogP contribution in [0.1, 0.15) is 14.0 Å². The Balaban J connectivity index is 3.05. The second-order valence-electron chi connectivity index (χ2n) is 2.66. The molecule has 0 radical (unpaired) electrons. The lowest BCUT2D eigenvalue weighted by molar-refractivity contribution is 0.895. The summed E-state index contributed by atoms with van der Waals surface area (Å²) in [4.78, 5) is 15.3. The summed E-state index contributed by atoms with van der Waals surface area (Å²) in [5.74, 6) is 0. The summed E-state index contributed by atoms with van der Waals surface area (Å²) in [6.45, 7) is 3.34. The zero-order valence-electron chi connectivity index (χ0n) is 8.80. The molecule has 12 heavy (non-hydrogen) atoms. The first kappa shape index (κ1) is 5.13. The van der Waals surface area contributed by atoms with Crippen molar-refractivity contribution in [2.75, 3.05) is 0 Å². The number of H-pyrrole nitrogens is 1. The van der Waals surface area contributed by atoms with Gasteiger partial charge in [-0.25, -0.2) is 9.50 Å². The van der Waals surface area contributed by atoms with Crippen molar-refractivity contribution in [3.8, 4) is 0 Å². The van der Waals surface area contributed by atoms with Crippen molar-refractivity contribution in [2.24, 2.45) is 0 Å². The maximum Gasteiger partial charge on any atom is 0.263 e. The van der Waals surface area contributed by atoms with E-state index in [2.05, 4.69) is 10.1 Å². The zero-order valence-corrected chi connectivity index (χ0v) is 6.80. The van der Waals surface area contributed by atoms with E-state index < -0.39 is 5.56 Å². The molecule has 0 aliphatic heterocycles. The number of aromatic nitrogens is 3. The van der Waals surface area contributed by atoms with Crippen molar-refractivity contribution < 1.29 is 2.74 Å². The van der Waals surface area contributed by atoms with Crippen molar-refractivity contribution in [2.45, 2.75) is 13.8 Å². The quantitative estimate of drug-likeness (QED) is 0.622. The summed E-state index contributed by atoms with van der Waals surface area (Å²) in [6, 6.07) is -0.0949. The highest BCUT2D eigenvalue weighted by atomic mass is 16.1. The minimum absolute atomic E-state index is 0.0949. The topological polar surface area (TPSA) is 50.2 Å². The van der Waals surface area contributed by atoms with Crippen LogP contribution in [0.15, 0.2) is 17.0 Å². The molecule has 0 bridgehead atoms. The standard InChI is InChI=1S/C8H9N3O/c1-5-3-7(12)10-11-4-6(2)9-8(5)11/h3-4H,1-2H3,(H,10,12)/i3D,4D. The summed E-state index contributed by atoms with van der Waals surface area (Å²) in [6.07, 6.45) is 0.153. The van der Waals surface area contributed by atoms with Crippen LogP contribution in [0.5, 0.6) is 0 Å². The van der Waals surface area contributed by atoms with Gasteiger partial charge in [-0.3, -0.25) is 9.89 Å².